The lowest BCUT2D eigenvalue weighted by Crippen LogP contribution is -2.00. The van der Waals surface area contributed by atoms with Crippen LogP contribution in [0, 0.1) is 0 Å². The van der Waals surface area contributed by atoms with Gasteiger partial charge in [0.15, 0.2) is 0 Å². The van der Waals surface area contributed by atoms with Gasteiger partial charge in [0.1, 0.15) is 5.52 Å². The van der Waals surface area contributed by atoms with Crippen LogP contribution < -0.4 is 4.74 Å². The third-order valence-corrected chi connectivity index (χ3v) is 5.33. The van der Waals surface area contributed by atoms with Gasteiger partial charge in [0, 0.05) is 18.0 Å². The fourth-order valence-corrected chi connectivity index (χ4v) is 4.03. The molecule has 0 aliphatic rings. The molecule has 7 heteroatoms. The Morgan fingerprint density at radius 2 is 1.67 bits per heavy atom. The summed E-state index contributed by atoms with van der Waals surface area (Å²) in [5.74, 6) is 0.576. The van der Waals surface area contributed by atoms with Gasteiger partial charge in [0.05, 0.1) is 24.3 Å². The summed E-state index contributed by atoms with van der Waals surface area (Å²) in [5, 5.41) is 1.06. The van der Waals surface area contributed by atoms with Gasteiger partial charge in [-0.1, -0.05) is 42.5 Å². The van der Waals surface area contributed by atoms with Crippen molar-refractivity contribution in [2.24, 2.45) is 0 Å². The average molecular weight is 382 g/mol. The molecule has 0 radical (unpaired) electrons. The number of benzene rings is 2. The van der Waals surface area contributed by atoms with E-state index in [9.17, 15) is 4.57 Å². The van der Waals surface area contributed by atoms with E-state index in [-0.39, 0.29) is 6.16 Å². The highest BCUT2D eigenvalue weighted by Gasteiger charge is 2.15. The molecule has 2 aromatic heterocycles. The molecule has 0 aliphatic heterocycles. The minimum absolute atomic E-state index is 0.244. The summed E-state index contributed by atoms with van der Waals surface area (Å²) < 4.78 is 18.6. The highest BCUT2D eigenvalue weighted by molar-refractivity contribution is 7.50. The standard InChI is InChI=1S/C20H19N2O4P/c1-26-19-11-10-18-20(21-19)16-4-2-3-5-17(16)22(18)12-14-6-8-15(9-7-14)13-27(23,24)25/h2-11H,12-13H2,1H3,(H2,23,24,25). The number of fused-ring (bicyclic) bond motifs is 3. The van der Waals surface area contributed by atoms with Crippen LogP contribution in [0.4, 0.5) is 0 Å². The number of methoxy groups -OCH3 is 1. The third kappa shape index (κ3) is 3.60. The van der Waals surface area contributed by atoms with E-state index in [1.165, 1.54) is 0 Å². The summed E-state index contributed by atoms with van der Waals surface area (Å²) in [6, 6.07) is 19.3. The maximum absolute atomic E-state index is 11.2. The quantitative estimate of drug-likeness (QED) is 0.511. The summed E-state index contributed by atoms with van der Waals surface area (Å²) in [7, 11) is -2.45. The van der Waals surface area contributed by atoms with Gasteiger partial charge in [0.2, 0.25) is 5.88 Å². The Hall–Kier alpha value is -2.66. The predicted molar refractivity (Wildman–Crippen MR) is 105 cm³/mol. The Kier molecular flexibility index (Phi) is 4.48. The van der Waals surface area contributed by atoms with Crippen LogP contribution in [0.15, 0.2) is 60.7 Å². The number of nitrogens with zero attached hydrogens (tertiary/aromatic N) is 2. The minimum Gasteiger partial charge on any atom is -0.481 e. The van der Waals surface area contributed by atoms with Crippen molar-refractivity contribution >= 4 is 29.5 Å². The molecule has 6 nitrogen and oxygen atoms in total. The fraction of sp³-hybridized carbons (Fsp3) is 0.150. The maximum Gasteiger partial charge on any atom is 0.329 e. The highest BCUT2D eigenvalue weighted by atomic mass is 31.2. The molecule has 4 aromatic rings. The van der Waals surface area contributed by atoms with Crippen LogP contribution in [0.1, 0.15) is 11.1 Å². The number of para-hydroxylation sites is 1. The molecule has 0 fully saturated rings. The van der Waals surface area contributed by atoms with Crippen LogP contribution in [-0.2, 0) is 17.3 Å². The molecule has 0 unspecified atom stereocenters. The summed E-state index contributed by atoms with van der Waals surface area (Å²) in [5.41, 5.74) is 4.65. The van der Waals surface area contributed by atoms with Gasteiger partial charge in [-0.25, -0.2) is 4.98 Å². The lowest BCUT2D eigenvalue weighted by Gasteiger charge is -2.09. The molecule has 4 rings (SSSR count). The van der Waals surface area contributed by atoms with Crippen molar-refractivity contribution < 1.29 is 19.1 Å². The largest absolute Gasteiger partial charge is 0.481 e. The Balaban J connectivity index is 1.76. The van der Waals surface area contributed by atoms with Crippen LogP contribution in [0.3, 0.4) is 0 Å². The second-order valence-corrected chi connectivity index (χ2v) is 8.11. The Morgan fingerprint density at radius 1 is 0.963 bits per heavy atom. The number of rotatable bonds is 5. The first kappa shape index (κ1) is 17.7. The summed E-state index contributed by atoms with van der Waals surface area (Å²) in [6.45, 7) is 0.633. The summed E-state index contributed by atoms with van der Waals surface area (Å²) >= 11 is 0. The molecule has 2 N–H and O–H groups in total. The number of aromatic nitrogens is 2. The van der Waals surface area contributed by atoms with Crippen LogP contribution in [0.2, 0.25) is 0 Å². The second-order valence-electron chi connectivity index (χ2n) is 6.46. The molecule has 2 aromatic carbocycles. The molecule has 0 saturated heterocycles. The molecule has 0 spiro atoms. The van der Waals surface area contributed by atoms with Crippen molar-refractivity contribution in [1.29, 1.82) is 0 Å². The van der Waals surface area contributed by atoms with E-state index in [4.69, 9.17) is 14.5 Å². The Labute approximate surface area is 156 Å². The van der Waals surface area contributed by atoms with E-state index < -0.39 is 7.60 Å². The van der Waals surface area contributed by atoms with Crippen molar-refractivity contribution in [2.45, 2.75) is 12.7 Å². The van der Waals surface area contributed by atoms with Crippen molar-refractivity contribution in [3.05, 3.63) is 71.8 Å². The average Bonchev–Trinajstić information content (AvgIpc) is 2.95. The zero-order valence-electron chi connectivity index (χ0n) is 14.7. The van der Waals surface area contributed by atoms with E-state index in [0.29, 0.717) is 18.0 Å². The van der Waals surface area contributed by atoms with Gasteiger partial charge in [-0.3, -0.25) is 4.57 Å². The number of pyridine rings is 1. The van der Waals surface area contributed by atoms with Crippen molar-refractivity contribution in [1.82, 2.24) is 9.55 Å². The molecule has 138 valence electrons. The number of hydrogen-bond acceptors (Lipinski definition) is 3. The van der Waals surface area contributed by atoms with Gasteiger partial charge in [-0.2, -0.15) is 0 Å². The zero-order valence-corrected chi connectivity index (χ0v) is 15.6. The molecule has 0 saturated carbocycles. The lowest BCUT2D eigenvalue weighted by molar-refractivity contribution is 0.371. The summed E-state index contributed by atoms with van der Waals surface area (Å²) in [6.07, 6.45) is -0.244. The Morgan fingerprint density at radius 3 is 2.37 bits per heavy atom. The highest BCUT2D eigenvalue weighted by Crippen LogP contribution is 2.39. The van der Waals surface area contributed by atoms with Gasteiger partial charge in [-0.05, 0) is 23.3 Å². The van der Waals surface area contributed by atoms with Gasteiger partial charge < -0.3 is 19.1 Å². The first-order valence-electron chi connectivity index (χ1n) is 8.49. The monoisotopic (exact) mass is 382 g/mol. The second kappa shape index (κ2) is 6.82. The SMILES string of the molecule is COc1ccc2c(n1)c1ccccc1n2Cc1ccc(CP(=O)(O)O)cc1. The molecular weight excluding hydrogens is 363 g/mol. The van der Waals surface area contributed by atoms with E-state index in [0.717, 1.165) is 27.5 Å². The maximum atomic E-state index is 11.2. The van der Waals surface area contributed by atoms with Crippen molar-refractivity contribution in [2.75, 3.05) is 7.11 Å². The molecule has 0 bridgehead atoms. The molecule has 0 atom stereocenters. The van der Waals surface area contributed by atoms with Crippen LogP contribution in [0.5, 0.6) is 5.88 Å². The number of ether oxygens (including phenoxy) is 1. The first-order chi connectivity index (χ1) is 12.9. The van der Waals surface area contributed by atoms with Gasteiger partial charge >= 0.3 is 7.60 Å². The fourth-order valence-electron chi connectivity index (χ4n) is 3.34. The molecule has 0 aliphatic carbocycles. The van der Waals surface area contributed by atoms with E-state index >= 15 is 0 Å². The molecule has 27 heavy (non-hydrogen) atoms. The molecular formula is C20H19N2O4P. The van der Waals surface area contributed by atoms with Crippen molar-refractivity contribution in [3.8, 4) is 5.88 Å². The minimum atomic E-state index is -4.06. The zero-order chi connectivity index (χ0) is 19.0. The van der Waals surface area contributed by atoms with Crippen LogP contribution >= 0.6 is 7.60 Å². The normalized spacial score (nSPS) is 12.0. The van der Waals surface area contributed by atoms with Crippen LogP contribution in [0.25, 0.3) is 21.9 Å². The molecule has 2 heterocycles. The third-order valence-electron chi connectivity index (χ3n) is 4.55. The van der Waals surface area contributed by atoms with Gasteiger partial charge in [0.25, 0.3) is 0 Å². The van der Waals surface area contributed by atoms with Gasteiger partial charge in [-0.15, -0.1) is 0 Å². The van der Waals surface area contributed by atoms with E-state index in [1.807, 2.05) is 42.5 Å². The topological polar surface area (TPSA) is 84.6 Å². The lowest BCUT2D eigenvalue weighted by atomic mass is 10.1. The predicted octanol–water partition coefficient (Wildman–Crippen LogP) is 3.92. The number of hydrogen-bond donors (Lipinski definition) is 2. The van der Waals surface area contributed by atoms with Crippen molar-refractivity contribution in [3.63, 3.8) is 0 Å². The first-order valence-corrected chi connectivity index (χ1v) is 10.3. The molecule has 0 amide bonds. The van der Waals surface area contributed by atoms with Crippen LogP contribution in [-0.4, -0.2) is 26.4 Å². The van der Waals surface area contributed by atoms with E-state index in [2.05, 4.69) is 15.6 Å². The van der Waals surface area contributed by atoms with E-state index in [1.54, 1.807) is 19.2 Å². The summed E-state index contributed by atoms with van der Waals surface area (Å²) in [4.78, 5) is 22.8. The smallest absolute Gasteiger partial charge is 0.329 e. The Bertz CT molecular complexity index is 1160.